The summed E-state index contributed by atoms with van der Waals surface area (Å²) in [5, 5.41) is 5.53. The number of hydrogen-bond donors (Lipinski definition) is 2. The zero-order valence-corrected chi connectivity index (χ0v) is 14.0. The Morgan fingerprint density at radius 3 is 2.75 bits per heavy atom. The Balaban J connectivity index is 1.87. The van der Waals surface area contributed by atoms with Gasteiger partial charge in [-0.3, -0.25) is 14.5 Å². The molecule has 0 saturated carbocycles. The minimum Gasteiger partial charge on any atom is -0.493 e. The van der Waals surface area contributed by atoms with Gasteiger partial charge in [0.25, 0.3) is 5.91 Å². The molecule has 0 unspecified atom stereocenters. The van der Waals surface area contributed by atoms with E-state index in [4.69, 9.17) is 4.74 Å². The maximum atomic E-state index is 13.0. The van der Waals surface area contributed by atoms with Crippen LogP contribution in [0.25, 0.3) is 0 Å². The second-order valence-corrected chi connectivity index (χ2v) is 7.12. The average Bonchev–Trinajstić information content (AvgIpc) is 2.71. The van der Waals surface area contributed by atoms with Crippen molar-refractivity contribution < 1.29 is 19.1 Å². The van der Waals surface area contributed by atoms with Crippen LogP contribution in [0.2, 0.25) is 0 Å². The van der Waals surface area contributed by atoms with Gasteiger partial charge in [0.1, 0.15) is 12.3 Å². The first-order valence-electron chi connectivity index (χ1n) is 7.90. The van der Waals surface area contributed by atoms with Crippen molar-refractivity contribution in [3.8, 4) is 5.75 Å². The summed E-state index contributed by atoms with van der Waals surface area (Å²) < 4.78 is 5.57. The molecule has 2 heterocycles. The third-order valence-corrected chi connectivity index (χ3v) is 4.07. The second-order valence-electron chi connectivity index (χ2n) is 7.12. The fourth-order valence-electron chi connectivity index (χ4n) is 3.12. The molecule has 7 heteroatoms. The monoisotopic (exact) mass is 331 g/mol. The lowest BCUT2D eigenvalue weighted by Gasteiger charge is -2.33. The highest BCUT2D eigenvalue weighted by Gasteiger charge is 2.55. The molecule has 2 aliphatic rings. The lowest BCUT2D eigenvalue weighted by molar-refractivity contribution is -0.136. The van der Waals surface area contributed by atoms with Gasteiger partial charge in [0.05, 0.1) is 6.61 Å². The Hall–Kier alpha value is -2.57. The number of nitrogens with one attached hydrogen (secondary N) is 2. The van der Waals surface area contributed by atoms with E-state index in [2.05, 4.69) is 10.6 Å². The predicted octanol–water partition coefficient (Wildman–Crippen LogP) is 1.13. The van der Waals surface area contributed by atoms with Crippen LogP contribution in [-0.2, 0) is 15.1 Å². The third-order valence-electron chi connectivity index (χ3n) is 4.07. The van der Waals surface area contributed by atoms with Crippen LogP contribution in [0.15, 0.2) is 24.3 Å². The molecule has 2 aliphatic heterocycles. The van der Waals surface area contributed by atoms with E-state index in [-0.39, 0.29) is 12.5 Å². The molecule has 0 radical (unpaired) electrons. The first kappa shape index (κ1) is 16.3. The molecular formula is C17H21N3O4. The van der Waals surface area contributed by atoms with Crippen molar-refractivity contribution in [1.82, 2.24) is 15.5 Å². The van der Waals surface area contributed by atoms with Crippen LogP contribution in [0, 0.1) is 0 Å². The van der Waals surface area contributed by atoms with Gasteiger partial charge < -0.3 is 15.4 Å². The molecule has 1 saturated heterocycles. The van der Waals surface area contributed by atoms with E-state index >= 15 is 0 Å². The molecular weight excluding hydrogens is 310 g/mol. The number of hydrogen-bond acceptors (Lipinski definition) is 4. The minimum atomic E-state index is -1.14. The van der Waals surface area contributed by atoms with Crippen LogP contribution in [-0.4, -0.2) is 41.4 Å². The summed E-state index contributed by atoms with van der Waals surface area (Å²) in [6.45, 7) is 5.55. The summed E-state index contributed by atoms with van der Waals surface area (Å²) in [5.74, 6) is -0.200. The Labute approximate surface area is 140 Å². The zero-order valence-electron chi connectivity index (χ0n) is 14.0. The SMILES string of the molecule is CC(C)(C)NC(=O)CN1C(=O)N[C@]2(CCOc3ccccc32)C1=O. The van der Waals surface area contributed by atoms with Crippen LogP contribution < -0.4 is 15.4 Å². The highest BCUT2D eigenvalue weighted by atomic mass is 16.5. The Morgan fingerprint density at radius 1 is 1.33 bits per heavy atom. The van der Waals surface area contributed by atoms with Gasteiger partial charge in [-0.1, -0.05) is 18.2 Å². The highest BCUT2D eigenvalue weighted by molar-refractivity contribution is 6.09. The fraction of sp³-hybridized carbons (Fsp3) is 0.471. The van der Waals surface area contributed by atoms with Crippen molar-refractivity contribution in [2.75, 3.05) is 13.2 Å². The Morgan fingerprint density at radius 2 is 2.04 bits per heavy atom. The maximum absolute atomic E-state index is 13.0. The van der Waals surface area contributed by atoms with Crippen LogP contribution in [0.3, 0.4) is 0 Å². The lowest BCUT2D eigenvalue weighted by Crippen LogP contribution is -2.49. The molecule has 3 rings (SSSR count). The smallest absolute Gasteiger partial charge is 0.325 e. The van der Waals surface area contributed by atoms with Gasteiger partial charge in [0.15, 0.2) is 5.54 Å². The summed E-state index contributed by atoms with van der Waals surface area (Å²) in [6, 6.07) is 6.59. The molecule has 1 aromatic rings. The molecule has 1 atom stereocenters. The van der Waals surface area contributed by atoms with E-state index in [1.807, 2.05) is 26.8 Å². The van der Waals surface area contributed by atoms with E-state index in [9.17, 15) is 14.4 Å². The van der Waals surface area contributed by atoms with Gasteiger partial charge in [-0.2, -0.15) is 0 Å². The molecule has 128 valence electrons. The molecule has 2 N–H and O–H groups in total. The first-order valence-corrected chi connectivity index (χ1v) is 7.90. The number of ether oxygens (including phenoxy) is 1. The molecule has 1 aromatic carbocycles. The average molecular weight is 331 g/mol. The Bertz CT molecular complexity index is 710. The van der Waals surface area contributed by atoms with Crippen molar-refractivity contribution in [2.45, 2.75) is 38.3 Å². The van der Waals surface area contributed by atoms with E-state index in [0.717, 1.165) is 4.90 Å². The number of imide groups is 1. The van der Waals surface area contributed by atoms with Gasteiger partial charge in [-0.05, 0) is 26.8 Å². The quantitative estimate of drug-likeness (QED) is 0.795. The van der Waals surface area contributed by atoms with Crippen molar-refractivity contribution in [3.63, 3.8) is 0 Å². The van der Waals surface area contributed by atoms with Crippen molar-refractivity contribution in [3.05, 3.63) is 29.8 Å². The summed E-state index contributed by atoms with van der Waals surface area (Å²) in [6.07, 6.45) is 0.339. The molecule has 0 bridgehead atoms. The standard InChI is InChI=1S/C17H21N3O4/c1-16(2,3)18-13(21)10-20-14(22)17(19-15(20)23)8-9-24-12-7-5-4-6-11(12)17/h4-7H,8-10H2,1-3H3,(H,18,21)(H,19,23)/t17-/m0/s1. The number of urea groups is 1. The molecule has 1 spiro atoms. The number of fused-ring (bicyclic) bond motifs is 2. The lowest BCUT2D eigenvalue weighted by atomic mass is 9.84. The van der Waals surface area contributed by atoms with Crippen molar-refractivity contribution >= 4 is 17.8 Å². The first-order chi connectivity index (χ1) is 11.2. The predicted molar refractivity (Wildman–Crippen MR) is 86.4 cm³/mol. The van der Waals surface area contributed by atoms with Gasteiger partial charge in [0, 0.05) is 17.5 Å². The van der Waals surface area contributed by atoms with Crippen LogP contribution >= 0.6 is 0 Å². The van der Waals surface area contributed by atoms with Gasteiger partial charge in [-0.15, -0.1) is 0 Å². The molecule has 0 aliphatic carbocycles. The Kier molecular flexibility index (Phi) is 3.74. The molecule has 4 amide bonds. The minimum absolute atomic E-state index is 0.299. The van der Waals surface area contributed by atoms with Gasteiger partial charge in [0.2, 0.25) is 5.91 Å². The van der Waals surface area contributed by atoms with E-state index in [1.165, 1.54) is 0 Å². The van der Waals surface area contributed by atoms with Crippen LogP contribution in [0.4, 0.5) is 4.79 Å². The zero-order chi connectivity index (χ0) is 17.5. The number of amides is 4. The number of benzene rings is 1. The number of rotatable bonds is 2. The summed E-state index contributed by atoms with van der Waals surface area (Å²) >= 11 is 0. The van der Waals surface area contributed by atoms with Crippen LogP contribution in [0.1, 0.15) is 32.8 Å². The van der Waals surface area contributed by atoms with Crippen molar-refractivity contribution in [2.24, 2.45) is 0 Å². The number of carbonyl (C=O) groups excluding carboxylic acids is 3. The van der Waals surface area contributed by atoms with Crippen LogP contribution in [0.5, 0.6) is 5.75 Å². The number of para-hydroxylation sites is 1. The summed E-state index contributed by atoms with van der Waals surface area (Å²) in [5.41, 5.74) is -0.943. The molecule has 7 nitrogen and oxygen atoms in total. The fourth-order valence-corrected chi connectivity index (χ4v) is 3.12. The summed E-state index contributed by atoms with van der Waals surface area (Å²) in [4.78, 5) is 38.4. The topological polar surface area (TPSA) is 87.7 Å². The summed E-state index contributed by atoms with van der Waals surface area (Å²) in [7, 11) is 0. The van der Waals surface area contributed by atoms with E-state index in [0.29, 0.717) is 24.3 Å². The molecule has 1 fully saturated rings. The molecule has 0 aromatic heterocycles. The normalized spacial score (nSPS) is 22.9. The third kappa shape index (κ3) is 2.70. The van der Waals surface area contributed by atoms with Gasteiger partial charge >= 0.3 is 6.03 Å². The number of nitrogens with zero attached hydrogens (tertiary/aromatic N) is 1. The maximum Gasteiger partial charge on any atom is 0.325 e. The van der Waals surface area contributed by atoms with E-state index in [1.54, 1.807) is 18.2 Å². The van der Waals surface area contributed by atoms with E-state index < -0.39 is 23.0 Å². The second kappa shape index (κ2) is 5.51. The van der Waals surface area contributed by atoms with Gasteiger partial charge in [-0.25, -0.2) is 4.79 Å². The largest absolute Gasteiger partial charge is 0.493 e. The number of carbonyl (C=O) groups is 3. The highest BCUT2D eigenvalue weighted by Crippen LogP contribution is 2.40. The molecule has 24 heavy (non-hydrogen) atoms. The van der Waals surface area contributed by atoms with Crippen molar-refractivity contribution in [1.29, 1.82) is 0 Å².